The van der Waals surface area contributed by atoms with E-state index in [2.05, 4.69) is 5.32 Å². The highest BCUT2D eigenvalue weighted by atomic mass is 35.5. The Morgan fingerprint density at radius 3 is 3.00 bits per heavy atom. The minimum absolute atomic E-state index is 0.201. The third-order valence-corrected chi connectivity index (χ3v) is 2.02. The Morgan fingerprint density at radius 2 is 2.40 bits per heavy atom. The first-order valence-electron chi connectivity index (χ1n) is 4.17. The molecule has 0 saturated carbocycles. The lowest BCUT2D eigenvalue weighted by atomic mass is 10.3. The number of hydrogen-bond acceptors (Lipinski definition) is 3. The lowest BCUT2D eigenvalue weighted by Gasteiger charge is -2.07. The first-order valence-corrected chi connectivity index (χ1v) is 4.55. The molecule has 0 aliphatic carbocycles. The number of halogens is 1. The molecule has 0 aliphatic rings. The first kappa shape index (κ1) is 11.3. The minimum atomic E-state index is -0.396. The van der Waals surface area contributed by atoms with E-state index >= 15 is 0 Å². The second-order valence-electron chi connectivity index (χ2n) is 2.73. The summed E-state index contributed by atoms with van der Waals surface area (Å²) in [4.78, 5) is 11.1. The van der Waals surface area contributed by atoms with Gasteiger partial charge in [0, 0.05) is 6.07 Å². The highest BCUT2D eigenvalue weighted by molar-refractivity contribution is 6.33. The molecule has 15 heavy (non-hydrogen) atoms. The molecule has 78 valence electrons. The molecule has 0 radical (unpaired) electrons. The highest BCUT2D eigenvalue weighted by Gasteiger charge is 2.06. The summed E-state index contributed by atoms with van der Waals surface area (Å²) in [6.07, 6.45) is -0.201. The summed E-state index contributed by atoms with van der Waals surface area (Å²) in [6, 6.07) is 6.64. The number of nitrogens with one attached hydrogen (secondary N) is 1. The predicted octanol–water partition coefficient (Wildman–Crippen LogP) is 2.20. The molecule has 4 nitrogen and oxygen atoms in total. The fraction of sp³-hybridized carbons (Fsp3) is 0.200. The summed E-state index contributed by atoms with van der Waals surface area (Å²) >= 11 is 5.84. The largest absolute Gasteiger partial charge is 0.497 e. The van der Waals surface area contributed by atoms with Gasteiger partial charge in [0.15, 0.2) is 0 Å². The number of methoxy groups -OCH3 is 1. The van der Waals surface area contributed by atoms with Crippen molar-refractivity contribution in [2.24, 2.45) is 0 Å². The minimum Gasteiger partial charge on any atom is -0.497 e. The summed E-state index contributed by atoms with van der Waals surface area (Å²) in [5.41, 5.74) is 0.441. The zero-order chi connectivity index (χ0) is 11.3. The molecule has 0 unspecified atom stereocenters. The highest BCUT2D eigenvalue weighted by Crippen LogP contribution is 2.26. The van der Waals surface area contributed by atoms with Crippen molar-refractivity contribution in [3.05, 3.63) is 23.2 Å². The maximum Gasteiger partial charge on any atom is 0.238 e. The van der Waals surface area contributed by atoms with Crippen LogP contribution in [0.25, 0.3) is 0 Å². The maximum atomic E-state index is 11.1. The molecule has 1 amide bonds. The number of nitrogens with zero attached hydrogens (tertiary/aromatic N) is 1. The molecule has 5 heteroatoms. The van der Waals surface area contributed by atoms with Crippen molar-refractivity contribution in [1.29, 1.82) is 5.26 Å². The Morgan fingerprint density at radius 1 is 1.67 bits per heavy atom. The van der Waals surface area contributed by atoms with E-state index in [0.29, 0.717) is 16.5 Å². The normalized spacial score (nSPS) is 9.13. The molecule has 0 atom stereocenters. The van der Waals surface area contributed by atoms with Gasteiger partial charge in [-0.05, 0) is 12.1 Å². The Balaban J connectivity index is 2.84. The summed E-state index contributed by atoms with van der Waals surface area (Å²) in [6.45, 7) is 0. The van der Waals surface area contributed by atoms with E-state index in [9.17, 15) is 4.79 Å². The van der Waals surface area contributed by atoms with Gasteiger partial charge in [0.25, 0.3) is 0 Å². The van der Waals surface area contributed by atoms with Crippen LogP contribution >= 0.6 is 11.6 Å². The number of nitriles is 1. The molecular formula is C10H9ClN2O2. The van der Waals surface area contributed by atoms with Gasteiger partial charge >= 0.3 is 0 Å². The van der Waals surface area contributed by atoms with Crippen LogP contribution in [0.15, 0.2) is 18.2 Å². The fourth-order valence-corrected chi connectivity index (χ4v) is 1.16. The van der Waals surface area contributed by atoms with Crippen molar-refractivity contribution in [3.8, 4) is 11.8 Å². The molecule has 0 bridgehead atoms. The maximum absolute atomic E-state index is 11.1. The van der Waals surface area contributed by atoms with Crippen LogP contribution in [0.3, 0.4) is 0 Å². The van der Waals surface area contributed by atoms with Crippen molar-refractivity contribution in [3.63, 3.8) is 0 Å². The van der Waals surface area contributed by atoms with E-state index in [1.807, 2.05) is 0 Å². The van der Waals surface area contributed by atoms with Gasteiger partial charge in [-0.25, -0.2) is 0 Å². The van der Waals surface area contributed by atoms with Crippen LogP contribution in [0.5, 0.6) is 5.75 Å². The van der Waals surface area contributed by atoms with Crippen LogP contribution in [0.2, 0.25) is 5.02 Å². The van der Waals surface area contributed by atoms with Crippen molar-refractivity contribution in [2.45, 2.75) is 6.42 Å². The number of hydrogen-bond donors (Lipinski definition) is 1. The van der Waals surface area contributed by atoms with Gasteiger partial charge in [0.2, 0.25) is 5.91 Å². The quantitative estimate of drug-likeness (QED) is 0.856. The molecule has 1 aromatic rings. The summed E-state index contributed by atoms with van der Waals surface area (Å²) in [5, 5.41) is 11.2. The van der Waals surface area contributed by atoms with E-state index in [1.165, 1.54) is 7.11 Å². The number of benzene rings is 1. The van der Waals surface area contributed by atoms with Gasteiger partial charge in [-0.15, -0.1) is 0 Å². The Bertz CT molecular complexity index is 412. The van der Waals surface area contributed by atoms with Gasteiger partial charge in [-0.2, -0.15) is 5.26 Å². The van der Waals surface area contributed by atoms with Crippen LogP contribution in [0, 0.1) is 11.3 Å². The van der Waals surface area contributed by atoms with Crippen LogP contribution in [0.1, 0.15) is 6.42 Å². The third-order valence-electron chi connectivity index (χ3n) is 1.69. The van der Waals surface area contributed by atoms with Crippen molar-refractivity contribution in [2.75, 3.05) is 12.4 Å². The molecule has 0 spiro atoms. The van der Waals surface area contributed by atoms with Gasteiger partial charge < -0.3 is 10.1 Å². The second-order valence-corrected chi connectivity index (χ2v) is 3.14. The summed E-state index contributed by atoms with van der Waals surface area (Å²) < 4.78 is 4.98. The number of anilines is 1. The zero-order valence-corrected chi connectivity index (χ0v) is 8.84. The Labute approximate surface area is 92.4 Å². The summed E-state index contributed by atoms with van der Waals surface area (Å²) in [5.74, 6) is 0.194. The fourth-order valence-electron chi connectivity index (χ4n) is 0.993. The topological polar surface area (TPSA) is 62.1 Å². The van der Waals surface area contributed by atoms with Crippen molar-refractivity contribution < 1.29 is 9.53 Å². The van der Waals surface area contributed by atoms with E-state index < -0.39 is 5.91 Å². The number of amides is 1. The number of carbonyl (C=O) groups is 1. The smallest absolute Gasteiger partial charge is 0.238 e. The van der Waals surface area contributed by atoms with Crippen LogP contribution in [-0.2, 0) is 4.79 Å². The van der Waals surface area contributed by atoms with Gasteiger partial charge in [0.1, 0.15) is 12.2 Å². The molecule has 0 aromatic heterocycles. The average Bonchev–Trinajstić information content (AvgIpc) is 2.21. The predicted molar refractivity (Wildman–Crippen MR) is 56.9 cm³/mol. The van der Waals surface area contributed by atoms with Gasteiger partial charge in [-0.3, -0.25) is 4.79 Å². The van der Waals surface area contributed by atoms with Crippen LogP contribution in [-0.4, -0.2) is 13.0 Å². The van der Waals surface area contributed by atoms with Gasteiger partial charge in [0.05, 0.1) is 23.9 Å². The third kappa shape index (κ3) is 3.15. The average molecular weight is 225 g/mol. The Hall–Kier alpha value is -1.73. The SMILES string of the molecule is COc1ccc(Cl)c(NC(=O)CC#N)c1. The van der Waals surface area contributed by atoms with Crippen molar-refractivity contribution in [1.82, 2.24) is 0 Å². The monoisotopic (exact) mass is 224 g/mol. The molecule has 0 saturated heterocycles. The molecular weight excluding hydrogens is 216 g/mol. The lowest BCUT2D eigenvalue weighted by Crippen LogP contribution is -2.10. The first-order chi connectivity index (χ1) is 7.17. The number of carbonyl (C=O) groups excluding carboxylic acids is 1. The van der Waals surface area contributed by atoms with Gasteiger partial charge in [-0.1, -0.05) is 11.6 Å². The second kappa shape index (κ2) is 5.23. The van der Waals surface area contributed by atoms with Crippen LogP contribution in [0.4, 0.5) is 5.69 Å². The molecule has 0 heterocycles. The van der Waals surface area contributed by atoms with Crippen LogP contribution < -0.4 is 10.1 Å². The molecule has 1 rings (SSSR count). The molecule has 0 aliphatic heterocycles. The zero-order valence-electron chi connectivity index (χ0n) is 8.08. The van der Waals surface area contributed by atoms with Crippen molar-refractivity contribution >= 4 is 23.2 Å². The summed E-state index contributed by atoms with van der Waals surface area (Å²) in [7, 11) is 1.52. The number of ether oxygens (including phenoxy) is 1. The molecule has 0 fully saturated rings. The van der Waals surface area contributed by atoms with E-state index in [4.69, 9.17) is 21.6 Å². The standard InChI is InChI=1S/C10H9ClN2O2/c1-15-7-2-3-8(11)9(6-7)13-10(14)4-5-12/h2-3,6H,4H2,1H3,(H,13,14). The Kier molecular flexibility index (Phi) is 3.95. The lowest BCUT2D eigenvalue weighted by molar-refractivity contribution is -0.115. The molecule has 1 N–H and O–H groups in total. The van der Waals surface area contributed by atoms with E-state index in [0.717, 1.165) is 0 Å². The molecule has 1 aromatic carbocycles. The number of rotatable bonds is 3. The van der Waals surface area contributed by atoms with E-state index in [-0.39, 0.29) is 6.42 Å². The van der Waals surface area contributed by atoms with E-state index in [1.54, 1.807) is 24.3 Å².